The highest BCUT2D eigenvalue weighted by Gasteiger charge is 2.16. The topological polar surface area (TPSA) is 108 Å². The molecule has 1 heterocycles. The number of carbonyl (C=O) groups excluding carboxylic acids is 1. The number of H-pyrrole nitrogens is 1. The van der Waals surface area contributed by atoms with Crippen molar-refractivity contribution in [2.45, 2.75) is 13.8 Å². The first-order valence-corrected chi connectivity index (χ1v) is 6.18. The number of nitrogens with zero attached hydrogens (tertiary/aromatic N) is 2. The van der Waals surface area contributed by atoms with E-state index in [0.29, 0.717) is 24.5 Å². The van der Waals surface area contributed by atoms with E-state index < -0.39 is 5.97 Å². The van der Waals surface area contributed by atoms with E-state index in [-0.39, 0.29) is 19.0 Å². The van der Waals surface area contributed by atoms with Crippen molar-refractivity contribution in [2.24, 2.45) is 0 Å². The maximum absolute atomic E-state index is 11.9. The Morgan fingerprint density at radius 2 is 2.10 bits per heavy atom. The normalized spacial score (nSPS) is 10.8. The van der Waals surface area contributed by atoms with E-state index in [9.17, 15) is 9.59 Å². The van der Waals surface area contributed by atoms with Crippen molar-refractivity contribution in [3.63, 3.8) is 0 Å². The lowest BCUT2D eigenvalue weighted by atomic mass is 10.3. The minimum atomic E-state index is -0.982. The number of aryl methyl sites for hydroxylation is 2. The third kappa shape index (κ3) is 4.98. The van der Waals surface area contributed by atoms with Gasteiger partial charge in [0.1, 0.15) is 0 Å². The molecule has 1 amide bonds. The Morgan fingerprint density at radius 3 is 2.60 bits per heavy atom. The fraction of sp³-hybridized carbons (Fsp3) is 0.583. The molecule has 112 valence electrons. The van der Waals surface area contributed by atoms with Crippen LogP contribution in [-0.4, -0.2) is 65.4 Å². The van der Waals surface area contributed by atoms with Crippen LogP contribution in [0.3, 0.4) is 0 Å². The van der Waals surface area contributed by atoms with Crippen molar-refractivity contribution in [3.8, 4) is 0 Å². The van der Waals surface area contributed by atoms with Gasteiger partial charge in [-0.1, -0.05) is 0 Å². The number of aliphatic carboxylic acids is 1. The third-order valence-electron chi connectivity index (χ3n) is 2.73. The van der Waals surface area contributed by atoms with E-state index in [4.69, 9.17) is 9.84 Å². The molecule has 1 rings (SSSR count). The van der Waals surface area contributed by atoms with Crippen molar-refractivity contribution >= 4 is 17.6 Å². The SMILES string of the molecule is COCCN(CC(=O)O)CC(=O)Nc1c(C)n[nH]c1C. The summed E-state index contributed by atoms with van der Waals surface area (Å²) in [6.45, 7) is 4.10. The number of ether oxygens (including phenoxy) is 1. The van der Waals surface area contributed by atoms with Gasteiger partial charge in [0, 0.05) is 13.7 Å². The number of hydrogen-bond acceptors (Lipinski definition) is 5. The summed E-state index contributed by atoms with van der Waals surface area (Å²) in [5.41, 5.74) is 2.09. The molecular formula is C12H20N4O4. The third-order valence-corrected chi connectivity index (χ3v) is 2.73. The van der Waals surface area contributed by atoms with E-state index >= 15 is 0 Å². The highest BCUT2D eigenvalue weighted by molar-refractivity contribution is 5.93. The zero-order valence-electron chi connectivity index (χ0n) is 11.9. The minimum Gasteiger partial charge on any atom is -0.480 e. The van der Waals surface area contributed by atoms with Gasteiger partial charge < -0.3 is 15.2 Å². The van der Waals surface area contributed by atoms with E-state index in [1.165, 1.54) is 12.0 Å². The smallest absolute Gasteiger partial charge is 0.317 e. The van der Waals surface area contributed by atoms with Crippen molar-refractivity contribution in [3.05, 3.63) is 11.4 Å². The maximum atomic E-state index is 11.9. The lowest BCUT2D eigenvalue weighted by molar-refractivity contribution is -0.138. The molecule has 0 aliphatic heterocycles. The van der Waals surface area contributed by atoms with Crippen LogP contribution in [-0.2, 0) is 14.3 Å². The van der Waals surface area contributed by atoms with Crippen LogP contribution in [0, 0.1) is 13.8 Å². The second kappa shape index (κ2) is 7.61. The number of anilines is 1. The van der Waals surface area contributed by atoms with Gasteiger partial charge in [0.2, 0.25) is 5.91 Å². The van der Waals surface area contributed by atoms with Gasteiger partial charge in [0.05, 0.1) is 36.8 Å². The van der Waals surface area contributed by atoms with Gasteiger partial charge in [0.25, 0.3) is 0 Å². The summed E-state index contributed by atoms with van der Waals surface area (Å²) in [5, 5.41) is 18.3. The van der Waals surface area contributed by atoms with Crippen molar-refractivity contribution in [2.75, 3.05) is 38.7 Å². The Hall–Kier alpha value is -1.93. The van der Waals surface area contributed by atoms with Crippen molar-refractivity contribution in [1.82, 2.24) is 15.1 Å². The molecule has 0 saturated carbocycles. The fourth-order valence-corrected chi connectivity index (χ4v) is 1.74. The van der Waals surface area contributed by atoms with E-state index in [2.05, 4.69) is 15.5 Å². The van der Waals surface area contributed by atoms with E-state index in [1.807, 2.05) is 0 Å². The van der Waals surface area contributed by atoms with E-state index in [1.54, 1.807) is 13.8 Å². The molecule has 0 saturated heterocycles. The first-order valence-electron chi connectivity index (χ1n) is 6.18. The molecule has 1 aromatic rings. The molecule has 0 atom stereocenters. The summed E-state index contributed by atoms with van der Waals surface area (Å²) in [5.74, 6) is -1.26. The number of amides is 1. The van der Waals surface area contributed by atoms with Crippen LogP contribution in [0.4, 0.5) is 5.69 Å². The Morgan fingerprint density at radius 1 is 1.40 bits per heavy atom. The number of aromatic nitrogens is 2. The summed E-state index contributed by atoms with van der Waals surface area (Å²) < 4.78 is 4.90. The second-order valence-electron chi connectivity index (χ2n) is 4.45. The molecule has 0 fully saturated rings. The molecule has 0 unspecified atom stereocenters. The van der Waals surface area contributed by atoms with Crippen molar-refractivity contribution < 1.29 is 19.4 Å². The molecule has 20 heavy (non-hydrogen) atoms. The Labute approximate surface area is 117 Å². The summed E-state index contributed by atoms with van der Waals surface area (Å²) in [6, 6.07) is 0. The quantitative estimate of drug-likeness (QED) is 0.620. The van der Waals surface area contributed by atoms with E-state index in [0.717, 1.165) is 5.69 Å². The fourth-order valence-electron chi connectivity index (χ4n) is 1.74. The molecule has 8 nitrogen and oxygen atoms in total. The highest BCUT2D eigenvalue weighted by Crippen LogP contribution is 2.15. The number of methoxy groups -OCH3 is 1. The summed E-state index contributed by atoms with van der Waals surface area (Å²) in [6.07, 6.45) is 0. The molecule has 0 bridgehead atoms. The van der Waals surface area contributed by atoms with Gasteiger partial charge in [-0.3, -0.25) is 19.6 Å². The average molecular weight is 284 g/mol. The molecule has 0 aliphatic rings. The van der Waals surface area contributed by atoms with Crippen LogP contribution in [0.25, 0.3) is 0 Å². The number of carbonyl (C=O) groups is 2. The lowest BCUT2D eigenvalue weighted by Gasteiger charge is -2.19. The molecule has 3 N–H and O–H groups in total. The molecule has 0 spiro atoms. The Kier molecular flexibility index (Phi) is 6.13. The number of aromatic amines is 1. The zero-order chi connectivity index (χ0) is 15.1. The highest BCUT2D eigenvalue weighted by atomic mass is 16.5. The van der Waals surface area contributed by atoms with Crippen LogP contribution in [0.2, 0.25) is 0 Å². The second-order valence-corrected chi connectivity index (χ2v) is 4.45. The van der Waals surface area contributed by atoms with Crippen LogP contribution in [0.1, 0.15) is 11.4 Å². The lowest BCUT2D eigenvalue weighted by Crippen LogP contribution is -2.38. The average Bonchev–Trinajstić information content (AvgIpc) is 2.67. The largest absolute Gasteiger partial charge is 0.480 e. The monoisotopic (exact) mass is 284 g/mol. The van der Waals surface area contributed by atoms with Crippen LogP contribution in [0.15, 0.2) is 0 Å². The van der Waals surface area contributed by atoms with Crippen LogP contribution >= 0.6 is 0 Å². The number of carboxylic acids is 1. The summed E-state index contributed by atoms with van der Waals surface area (Å²) in [4.78, 5) is 24.2. The van der Waals surface area contributed by atoms with Gasteiger partial charge in [-0.05, 0) is 13.8 Å². The maximum Gasteiger partial charge on any atom is 0.317 e. The Balaban J connectivity index is 2.59. The molecule has 0 aliphatic carbocycles. The first-order chi connectivity index (χ1) is 9.43. The van der Waals surface area contributed by atoms with Gasteiger partial charge in [-0.2, -0.15) is 5.10 Å². The molecule has 0 radical (unpaired) electrons. The zero-order valence-corrected chi connectivity index (χ0v) is 11.9. The number of rotatable bonds is 8. The number of hydrogen-bond donors (Lipinski definition) is 3. The van der Waals surface area contributed by atoms with Crippen LogP contribution < -0.4 is 5.32 Å². The number of carboxylic acid groups (broad SMARTS) is 1. The minimum absolute atomic E-state index is 0.0142. The summed E-state index contributed by atoms with van der Waals surface area (Å²) in [7, 11) is 1.53. The van der Waals surface area contributed by atoms with Gasteiger partial charge >= 0.3 is 5.97 Å². The predicted molar refractivity (Wildman–Crippen MR) is 72.6 cm³/mol. The Bertz CT molecular complexity index is 453. The first kappa shape index (κ1) is 16.1. The molecular weight excluding hydrogens is 264 g/mol. The summed E-state index contributed by atoms with van der Waals surface area (Å²) >= 11 is 0. The molecule has 8 heteroatoms. The molecule has 1 aromatic heterocycles. The van der Waals surface area contributed by atoms with Crippen molar-refractivity contribution in [1.29, 1.82) is 0 Å². The van der Waals surface area contributed by atoms with Gasteiger partial charge in [0.15, 0.2) is 0 Å². The van der Waals surface area contributed by atoms with Gasteiger partial charge in [-0.25, -0.2) is 0 Å². The molecule has 0 aromatic carbocycles. The standard InChI is InChI=1S/C12H20N4O4/c1-8-12(9(2)15-14-8)13-10(17)6-16(4-5-20-3)7-11(18)19/h4-7H2,1-3H3,(H,13,17)(H,14,15)(H,18,19). The van der Waals surface area contributed by atoms with Crippen LogP contribution in [0.5, 0.6) is 0 Å². The number of nitrogens with one attached hydrogen (secondary N) is 2. The van der Waals surface area contributed by atoms with Gasteiger partial charge in [-0.15, -0.1) is 0 Å². The predicted octanol–water partition coefficient (Wildman–Crippen LogP) is -0.00196.